The van der Waals surface area contributed by atoms with Gasteiger partial charge in [-0.15, -0.1) is 10.2 Å². The van der Waals surface area contributed by atoms with Gasteiger partial charge < -0.3 is 15.1 Å². The molecule has 0 aliphatic carbocycles. The SMILES string of the molecule is O=C(C[C@@H]1NC(=O)N(Cc2ccco2)C1=O)NCCCCCc1nnc2ccccn12. The van der Waals surface area contributed by atoms with Crippen LogP contribution in [0.3, 0.4) is 0 Å². The maximum Gasteiger partial charge on any atom is 0.325 e. The maximum absolute atomic E-state index is 12.4. The number of nitrogens with one attached hydrogen (secondary N) is 2. The molecular formula is C21H24N6O4. The first-order chi connectivity index (χ1) is 15.1. The van der Waals surface area contributed by atoms with Gasteiger partial charge in [0.1, 0.15) is 17.6 Å². The first kappa shape index (κ1) is 20.6. The Bertz CT molecular complexity index is 1060. The number of carbonyl (C=O) groups is 3. The quantitative estimate of drug-likeness (QED) is 0.377. The predicted octanol–water partition coefficient (Wildman–Crippen LogP) is 1.66. The third-order valence-electron chi connectivity index (χ3n) is 5.17. The molecule has 4 heterocycles. The number of aryl methyl sites for hydroxylation is 1. The molecule has 31 heavy (non-hydrogen) atoms. The van der Waals surface area contributed by atoms with Crippen LogP contribution in [0.4, 0.5) is 4.79 Å². The van der Waals surface area contributed by atoms with Crippen LogP contribution in [0.5, 0.6) is 0 Å². The lowest BCUT2D eigenvalue weighted by Crippen LogP contribution is -2.36. The standard InChI is InChI=1S/C21H24N6O4/c28-19(13-16-20(29)27(21(30)23-16)14-15-7-6-12-31-15)22-10-4-1-2-8-17-24-25-18-9-3-5-11-26(17)18/h3,5-7,9,11-12,16H,1-2,4,8,10,13-14H2,(H,22,28)(H,23,30)/t16-/m0/s1. The molecule has 10 nitrogen and oxygen atoms in total. The first-order valence-electron chi connectivity index (χ1n) is 10.3. The lowest BCUT2D eigenvalue weighted by atomic mass is 10.1. The van der Waals surface area contributed by atoms with Crippen molar-refractivity contribution in [2.45, 2.75) is 44.7 Å². The Labute approximate surface area is 178 Å². The highest BCUT2D eigenvalue weighted by molar-refractivity contribution is 6.05. The summed E-state index contributed by atoms with van der Waals surface area (Å²) in [4.78, 5) is 37.7. The van der Waals surface area contributed by atoms with Gasteiger partial charge in [-0.2, -0.15) is 0 Å². The van der Waals surface area contributed by atoms with Crippen molar-refractivity contribution >= 4 is 23.5 Å². The van der Waals surface area contributed by atoms with Crippen LogP contribution in [0.15, 0.2) is 47.2 Å². The number of unbranched alkanes of at least 4 members (excludes halogenated alkanes) is 2. The minimum Gasteiger partial charge on any atom is -0.467 e. The highest BCUT2D eigenvalue weighted by Crippen LogP contribution is 2.14. The summed E-state index contributed by atoms with van der Waals surface area (Å²) in [5.41, 5.74) is 0.834. The van der Waals surface area contributed by atoms with E-state index in [4.69, 9.17) is 4.42 Å². The topological polar surface area (TPSA) is 122 Å². The molecule has 0 unspecified atom stereocenters. The van der Waals surface area contributed by atoms with Gasteiger partial charge in [0.05, 0.1) is 19.2 Å². The Kier molecular flexibility index (Phi) is 6.25. The second kappa shape index (κ2) is 9.41. The van der Waals surface area contributed by atoms with Crippen molar-refractivity contribution in [3.05, 3.63) is 54.4 Å². The second-order valence-corrected chi connectivity index (χ2v) is 7.42. The Morgan fingerprint density at radius 1 is 1.13 bits per heavy atom. The number of fused-ring (bicyclic) bond motifs is 1. The fraction of sp³-hybridized carbons (Fsp3) is 0.381. The Morgan fingerprint density at radius 3 is 2.87 bits per heavy atom. The highest BCUT2D eigenvalue weighted by atomic mass is 16.3. The zero-order chi connectivity index (χ0) is 21.6. The average Bonchev–Trinajstić information content (AvgIpc) is 3.48. The molecule has 1 fully saturated rings. The number of hydrogen-bond acceptors (Lipinski definition) is 6. The Morgan fingerprint density at radius 2 is 2.03 bits per heavy atom. The van der Waals surface area contributed by atoms with Crippen molar-refractivity contribution in [1.82, 2.24) is 30.1 Å². The average molecular weight is 424 g/mol. The number of rotatable bonds is 10. The van der Waals surface area contributed by atoms with Gasteiger partial charge in [-0.3, -0.25) is 18.9 Å². The molecule has 1 aliphatic heterocycles. The van der Waals surface area contributed by atoms with Gasteiger partial charge in [0.25, 0.3) is 5.91 Å². The van der Waals surface area contributed by atoms with E-state index in [9.17, 15) is 14.4 Å². The summed E-state index contributed by atoms with van der Waals surface area (Å²) in [5.74, 6) is 0.751. The van der Waals surface area contributed by atoms with E-state index in [0.717, 1.165) is 42.1 Å². The van der Waals surface area contributed by atoms with Crippen LogP contribution < -0.4 is 10.6 Å². The van der Waals surface area contributed by atoms with Crippen molar-refractivity contribution < 1.29 is 18.8 Å². The van der Waals surface area contributed by atoms with Crippen molar-refractivity contribution in [2.24, 2.45) is 0 Å². The minimum absolute atomic E-state index is 0.0527. The van der Waals surface area contributed by atoms with Crippen LogP contribution in [0.1, 0.15) is 37.3 Å². The van der Waals surface area contributed by atoms with Gasteiger partial charge in [0.15, 0.2) is 5.65 Å². The number of nitrogens with zero attached hydrogens (tertiary/aromatic N) is 4. The molecule has 0 aromatic carbocycles. The molecule has 0 radical (unpaired) electrons. The van der Waals surface area contributed by atoms with Crippen molar-refractivity contribution in [1.29, 1.82) is 0 Å². The molecule has 10 heteroatoms. The first-order valence-corrected chi connectivity index (χ1v) is 10.3. The third-order valence-corrected chi connectivity index (χ3v) is 5.17. The normalized spacial score (nSPS) is 16.1. The number of hydrogen-bond donors (Lipinski definition) is 2. The van der Waals surface area contributed by atoms with Crippen LogP contribution in [0.25, 0.3) is 5.65 Å². The summed E-state index contributed by atoms with van der Waals surface area (Å²) < 4.78 is 7.15. The second-order valence-electron chi connectivity index (χ2n) is 7.42. The molecule has 0 saturated carbocycles. The summed E-state index contributed by atoms with van der Waals surface area (Å²) >= 11 is 0. The number of pyridine rings is 1. The van der Waals surface area contributed by atoms with Gasteiger partial charge in [-0.05, 0) is 37.1 Å². The van der Waals surface area contributed by atoms with Crippen LogP contribution >= 0.6 is 0 Å². The molecule has 2 N–H and O–H groups in total. The van der Waals surface area contributed by atoms with Crippen molar-refractivity contribution in [3.63, 3.8) is 0 Å². The molecule has 4 rings (SSSR count). The molecule has 1 atom stereocenters. The van der Waals surface area contributed by atoms with Crippen molar-refractivity contribution in [3.8, 4) is 0 Å². The van der Waals surface area contributed by atoms with E-state index in [2.05, 4.69) is 20.8 Å². The summed E-state index contributed by atoms with van der Waals surface area (Å²) in [5, 5.41) is 13.7. The van der Waals surface area contributed by atoms with Crippen LogP contribution in [-0.4, -0.2) is 49.9 Å². The fourth-order valence-corrected chi connectivity index (χ4v) is 3.56. The lowest BCUT2D eigenvalue weighted by Gasteiger charge is -2.11. The number of aromatic nitrogens is 3. The van der Waals surface area contributed by atoms with Crippen LogP contribution in [0, 0.1) is 0 Å². The van der Waals surface area contributed by atoms with Gasteiger partial charge in [-0.1, -0.05) is 12.5 Å². The van der Waals surface area contributed by atoms with Crippen molar-refractivity contribution in [2.75, 3.05) is 6.54 Å². The number of carbonyl (C=O) groups excluding carboxylic acids is 3. The summed E-state index contributed by atoms with van der Waals surface area (Å²) in [6.45, 7) is 0.571. The predicted molar refractivity (Wildman–Crippen MR) is 110 cm³/mol. The number of amides is 4. The molecule has 3 aromatic rings. The van der Waals surface area contributed by atoms with Gasteiger partial charge >= 0.3 is 6.03 Å². The molecule has 3 aromatic heterocycles. The summed E-state index contributed by atoms with van der Waals surface area (Å²) in [6.07, 6.45) is 6.84. The molecule has 162 valence electrons. The van der Waals surface area contributed by atoms with Crippen LogP contribution in [0.2, 0.25) is 0 Å². The number of furan rings is 1. The molecule has 0 spiro atoms. The lowest BCUT2D eigenvalue weighted by molar-refractivity contribution is -0.131. The van der Waals surface area contributed by atoms with Crippen LogP contribution in [-0.2, 0) is 22.6 Å². The smallest absolute Gasteiger partial charge is 0.325 e. The maximum atomic E-state index is 12.4. The molecule has 0 bridgehead atoms. The summed E-state index contributed by atoms with van der Waals surface area (Å²) in [6, 6.07) is 7.81. The zero-order valence-electron chi connectivity index (χ0n) is 17.0. The molecular weight excluding hydrogens is 400 g/mol. The van der Waals surface area contributed by atoms with E-state index in [1.165, 1.54) is 6.26 Å². The minimum atomic E-state index is -0.844. The number of urea groups is 1. The van der Waals surface area contributed by atoms with E-state index < -0.39 is 18.0 Å². The van der Waals surface area contributed by atoms with E-state index >= 15 is 0 Å². The van der Waals surface area contributed by atoms with Gasteiger partial charge in [0, 0.05) is 19.2 Å². The monoisotopic (exact) mass is 424 g/mol. The van der Waals surface area contributed by atoms with E-state index in [0.29, 0.717) is 12.3 Å². The highest BCUT2D eigenvalue weighted by Gasteiger charge is 2.39. The third kappa shape index (κ3) is 4.90. The number of imide groups is 1. The van der Waals surface area contributed by atoms with E-state index in [1.807, 2.05) is 28.8 Å². The zero-order valence-corrected chi connectivity index (χ0v) is 17.0. The molecule has 4 amide bonds. The fourth-order valence-electron chi connectivity index (χ4n) is 3.56. The van der Waals surface area contributed by atoms with E-state index in [-0.39, 0.29) is 18.9 Å². The van der Waals surface area contributed by atoms with E-state index in [1.54, 1.807) is 12.1 Å². The summed E-state index contributed by atoms with van der Waals surface area (Å²) in [7, 11) is 0. The molecule has 1 saturated heterocycles. The molecule has 1 aliphatic rings. The largest absolute Gasteiger partial charge is 0.467 e. The Hall–Kier alpha value is -3.69. The Balaban J connectivity index is 1.14. The van der Waals surface area contributed by atoms with Gasteiger partial charge in [0.2, 0.25) is 5.91 Å². The van der Waals surface area contributed by atoms with Gasteiger partial charge in [-0.25, -0.2) is 4.79 Å².